The first kappa shape index (κ1) is 13.4. The van der Waals surface area contributed by atoms with Crippen LogP contribution in [0.15, 0.2) is 40.9 Å². The van der Waals surface area contributed by atoms with E-state index in [1.54, 1.807) is 30.3 Å². The zero-order valence-electron chi connectivity index (χ0n) is 10.3. The average Bonchev–Trinajstić information content (AvgIpc) is 2.37. The molecule has 0 saturated heterocycles. The fraction of sp³-hybridized carbons (Fsp3) is 0.0714. The number of carbonyl (C=O) groups excluding carboxylic acids is 1. The van der Waals surface area contributed by atoms with Crippen LogP contribution in [0.3, 0.4) is 0 Å². The number of hydrogen-bond acceptors (Lipinski definition) is 3. The molecule has 1 amide bonds. The molecule has 0 fully saturated rings. The van der Waals surface area contributed by atoms with Crippen molar-refractivity contribution in [2.45, 2.75) is 6.92 Å². The molecule has 19 heavy (non-hydrogen) atoms. The van der Waals surface area contributed by atoms with E-state index in [0.717, 1.165) is 10.0 Å². The second kappa shape index (κ2) is 5.32. The molecule has 2 aromatic carbocycles. The Morgan fingerprint density at radius 3 is 2.68 bits per heavy atom. The van der Waals surface area contributed by atoms with Gasteiger partial charge in [-0.25, -0.2) is 0 Å². The molecule has 4 N–H and O–H groups in total. The fourth-order valence-electron chi connectivity index (χ4n) is 1.62. The zero-order valence-corrected chi connectivity index (χ0v) is 11.9. The first-order valence-electron chi connectivity index (χ1n) is 5.63. The van der Waals surface area contributed by atoms with Crippen LogP contribution in [-0.2, 0) is 0 Å². The van der Waals surface area contributed by atoms with Gasteiger partial charge in [-0.3, -0.25) is 4.79 Å². The fourth-order valence-corrected chi connectivity index (χ4v) is 1.98. The average molecular weight is 321 g/mol. The lowest BCUT2D eigenvalue weighted by Gasteiger charge is -2.09. The van der Waals surface area contributed by atoms with Crippen LogP contribution < -0.4 is 11.1 Å². The summed E-state index contributed by atoms with van der Waals surface area (Å²) in [5.74, 6) is -0.278. The third-order valence-electron chi connectivity index (χ3n) is 2.74. The van der Waals surface area contributed by atoms with Gasteiger partial charge in [-0.2, -0.15) is 0 Å². The summed E-state index contributed by atoms with van der Waals surface area (Å²) in [4.78, 5) is 12.1. The molecule has 0 heterocycles. The number of halogens is 1. The van der Waals surface area contributed by atoms with Crippen LogP contribution in [0, 0.1) is 6.92 Å². The number of carbonyl (C=O) groups is 1. The minimum atomic E-state index is -0.295. The molecule has 0 radical (unpaired) electrons. The van der Waals surface area contributed by atoms with Gasteiger partial charge in [0.15, 0.2) is 0 Å². The van der Waals surface area contributed by atoms with Crippen LogP contribution in [0.25, 0.3) is 0 Å². The summed E-state index contributed by atoms with van der Waals surface area (Å²) in [5, 5.41) is 12.3. The molecular weight excluding hydrogens is 308 g/mol. The number of rotatable bonds is 2. The van der Waals surface area contributed by atoms with Crippen LogP contribution in [-0.4, -0.2) is 11.0 Å². The van der Waals surface area contributed by atoms with E-state index in [1.807, 2.05) is 6.92 Å². The number of amides is 1. The minimum Gasteiger partial charge on any atom is -0.506 e. The molecule has 4 nitrogen and oxygen atoms in total. The van der Waals surface area contributed by atoms with Crippen molar-refractivity contribution in [1.82, 2.24) is 0 Å². The van der Waals surface area contributed by atoms with Crippen molar-refractivity contribution < 1.29 is 9.90 Å². The number of phenolic OH excluding ortho intramolecular Hbond substituents is 1. The molecule has 5 heteroatoms. The van der Waals surface area contributed by atoms with Crippen LogP contribution >= 0.6 is 15.9 Å². The smallest absolute Gasteiger partial charge is 0.255 e. The normalized spacial score (nSPS) is 10.2. The number of nitrogens with one attached hydrogen (secondary N) is 1. The van der Waals surface area contributed by atoms with E-state index >= 15 is 0 Å². The monoisotopic (exact) mass is 320 g/mol. The van der Waals surface area contributed by atoms with Gasteiger partial charge in [-0.15, -0.1) is 0 Å². The molecular formula is C14H13BrN2O2. The second-order valence-corrected chi connectivity index (χ2v) is 5.10. The third-order valence-corrected chi connectivity index (χ3v) is 3.23. The van der Waals surface area contributed by atoms with E-state index in [0.29, 0.717) is 16.9 Å². The Hall–Kier alpha value is -2.01. The van der Waals surface area contributed by atoms with Gasteiger partial charge in [0, 0.05) is 15.7 Å². The molecule has 0 aromatic heterocycles. The summed E-state index contributed by atoms with van der Waals surface area (Å²) in [6.45, 7) is 1.84. The predicted octanol–water partition coefficient (Wildman–Crippen LogP) is 3.30. The summed E-state index contributed by atoms with van der Waals surface area (Å²) in [6.07, 6.45) is 0. The molecule has 0 bridgehead atoms. The lowest BCUT2D eigenvalue weighted by Crippen LogP contribution is -2.12. The number of anilines is 2. The number of nitrogen functional groups attached to an aromatic ring is 1. The van der Waals surface area contributed by atoms with Gasteiger partial charge in [-0.1, -0.05) is 15.9 Å². The Bertz CT molecular complexity index is 641. The Labute approximate surface area is 119 Å². The highest BCUT2D eigenvalue weighted by atomic mass is 79.9. The quantitative estimate of drug-likeness (QED) is 0.587. The Morgan fingerprint density at radius 2 is 2.00 bits per heavy atom. The maximum absolute atomic E-state index is 12.1. The lowest BCUT2D eigenvalue weighted by molar-refractivity contribution is 0.102. The van der Waals surface area contributed by atoms with Crippen LogP contribution in [0.2, 0.25) is 0 Å². The van der Waals surface area contributed by atoms with Crippen molar-refractivity contribution in [3.63, 3.8) is 0 Å². The number of aromatic hydroxyl groups is 1. The number of phenols is 1. The molecule has 2 aromatic rings. The maximum Gasteiger partial charge on any atom is 0.255 e. The Morgan fingerprint density at radius 1 is 1.26 bits per heavy atom. The highest BCUT2D eigenvalue weighted by molar-refractivity contribution is 9.10. The summed E-state index contributed by atoms with van der Waals surface area (Å²) in [7, 11) is 0. The minimum absolute atomic E-state index is 0.0173. The van der Waals surface area contributed by atoms with E-state index in [2.05, 4.69) is 21.2 Å². The van der Waals surface area contributed by atoms with Crippen LogP contribution in [0.1, 0.15) is 15.9 Å². The Kier molecular flexibility index (Phi) is 3.76. The molecule has 0 aliphatic heterocycles. The topological polar surface area (TPSA) is 75.3 Å². The van der Waals surface area contributed by atoms with Gasteiger partial charge >= 0.3 is 0 Å². The molecule has 0 atom stereocenters. The van der Waals surface area contributed by atoms with Crippen molar-refractivity contribution in [3.05, 3.63) is 52.0 Å². The number of hydrogen-bond donors (Lipinski definition) is 3. The van der Waals surface area contributed by atoms with Crippen molar-refractivity contribution in [3.8, 4) is 5.75 Å². The SMILES string of the molecule is Cc1cc(C(=O)Nc2cc(Br)ccc2O)ccc1N. The molecule has 2 rings (SSSR count). The highest BCUT2D eigenvalue weighted by Crippen LogP contribution is 2.27. The first-order chi connectivity index (χ1) is 8.97. The van der Waals surface area contributed by atoms with Gasteiger partial charge < -0.3 is 16.2 Å². The first-order valence-corrected chi connectivity index (χ1v) is 6.42. The van der Waals surface area contributed by atoms with Gasteiger partial charge in [0.2, 0.25) is 0 Å². The summed E-state index contributed by atoms with van der Waals surface area (Å²) in [5.41, 5.74) is 8.03. The largest absolute Gasteiger partial charge is 0.506 e. The van der Waals surface area contributed by atoms with E-state index in [4.69, 9.17) is 5.73 Å². The van der Waals surface area contributed by atoms with E-state index in [-0.39, 0.29) is 11.7 Å². The molecule has 0 unspecified atom stereocenters. The Balaban J connectivity index is 2.25. The number of nitrogens with two attached hydrogens (primary N) is 1. The molecule has 0 aliphatic rings. The van der Waals surface area contributed by atoms with E-state index in [1.165, 1.54) is 6.07 Å². The van der Waals surface area contributed by atoms with Gasteiger partial charge in [0.1, 0.15) is 5.75 Å². The van der Waals surface area contributed by atoms with Crippen LogP contribution in [0.5, 0.6) is 5.75 Å². The second-order valence-electron chi connectivity index (χ2n) is 4.19. The standard InChI is InChI=1S/C14H13BrN2O2/c1-8-6-9(2-4-11(8)16)14(19)17-12-7-10(15)3-5-13(12)18/h2-7,18H,16H2,1H3,(H,17,19). The van der Waals surface area contributed by atoms with Gasteiger partial charge in [0.05, 0.1) is 5.69 Å². The third kappa shape index (κ3) is 3.06. The maximum atomic E-state index is 12.1. The van der Waals surface area contributed by atoms with Gasteiger partial charge in [-0.05, 0) is 48.9 Å². The van der Waals surface area contributed by atoms with Gasteiger partial charge in [0.25, 0.3) is 5.91 Å². The number of aryl methyl sites for hydroxylation is 1. The molecule has 0 aliphatic carbocycles. The van der Waals surface area contributed by atoms with Crippen molar-refractivity contribution in [2.75, 3.05) is 11.1 Å². The van der Waals surface area contributed by atoms with E-state index < -0.39 is 0 Å². The molecule has 0 saturated carbocycles. The predicted molar refractivity (Wildman–Crippen MR) is 79.4 cm³/mol. The van der Waals surface area contributed by atoms with Crippen molar-refractivity contribution >= 4 is 33.2 Å². The summed E-state index contributed by atoms with van der Waals surface area (Å²) in [6, 6.07) is 9.88. The summed E-state index contributed by atoms with van der Waals surface area (Å²) >= 11 is 3.28. The van der Waals surface area contributed by atoms with Crippen molar-refractivity contribution in [2.24, 2.45) is 0 Å². The van der Waals surface area contributed by atoms with E-state index in [9.17, 15) is 9.90 Å². The molecule has 98 valence electrons. The highest BCUT2D eigenvalue weighted by Gasteiger charge is 2.10. The molecule has 0 spiro atoms. The lowest BCUT2D eigenvalue weighted by atomic mass is 10.1. The summed E-state index contributed by atoms with van der Waals surface area (Å²) < 4.78 is 0.772. The zero-order chi connectivity index (χ0) is 14.0. The van der Waals surface area contributed by atoms with Crippen molar-refractivity contribution in [1.29, 1.82) is 0 Å². The number of benzene rings is 2. The van der Waals surface area contributed by atoms with Crippen LogP contribution in [0.4, 0.5) is 11.4 Å².